The second-order valence-corrected chi connectivity index (χ2v) is 21.0. The van der Waals surface area contributed by atoms with Crippen LogP contribution < -0.4 is 10.2 Å². The lowest BCUT2D eigenvalue weighted by Gasteiger charge is -2.29. The molecule has 0 aliphatic heterocycles. The van der Waals surface area contributed by atoms with E-state index in [0.29, 0.717) is 17.4 Å². The number of quaternary nitrogens is 1. The highest BCUT2D eigenvalue weighted by atomic mass is 31.2. The zero-order chi connectivity index (χ0) is 46.4. The number of unbranched alkanes of at least 4 members (excludes halogenated alkanes) is 32. The van der Waals surface area contributed by atoms with Crippen LogP contribution >= 0.6 is 7.82 Å². The minimum atomic E-state index is -4.59. The van der Waals surface area contributed by atoms with Crippen LogP contribution in [0.25, 0.3) is 0 Å². The number of likely N-dealkylation sites (N-methyl/N-ethyl adjacent to an activating group) is 1. The summed E-state index contributed by atoms with van der Waals surface area (Å²) in [5.74, 6) is -0.196. The average molecular weight is 909 g/mol. The summed E-state index contributed by atoms with van der Waals surface area (Å²) in [6, 6.07) is -0.884. The van der Waals surface area contributed by atoms with Crippen molar-refractivity contribution >= 4 is 13.7 Å². The number of allylic oxidation sites excluding steroid dienone is 5. The maximum absolute atomic E-state index is 12.9. The first-order valence-corrected chi connectivity index (χ1v) is 28.3. The second kappa shape index (κ2) is 45.9. The summed E-state index contributed by atoms with van der Waals surface area (Å²) in [5.41, 5.74) is 0. The van der Waals surface area contributed by atoms with Crippen molar-refractivity contribution in [1.82, 2.24) is 5.32 Å². The first kappa shape index (κ1) is 61.7. The van der Waals surface area contributed by atoms with Crippen LogP contribution in [0.3, 0.4) is 0 Å². The van der Waals surface area contributed by atoms with E-state index in [2.05, 4.69) is 43.5 Å². The largest absolute Gasteiger partial charge is 0.756 e. The van der Waals surface area contributed by atoms with Gasteiger partial charge < -0.3 is 28.8 Å². The van der Waals surface area contributed by atoms with Gasteiger partial charge in [0.05, 0.1) is 39.9 Å². The number of amides is 1. The molecule has 0 aromatic rings. The summed E-state index contributed by atoms with van der Waals surface area (Å²) in [7, 11) is 1.27. The van der Waals surface area contributed by atoms with Crippen molar-refractivity contribution in [2.75, 3.05) is 40.9 Å². The van der Waals surface area contributed by atoms with Crippen molar-refractivity contribution in [3.63, 3.8) is 0 Å². The Morgan fingerprint density at radius 2 is 0.921 bits per heavy atom. The molecule has 372 valence electrons. The van der Waals surface area contributed by atoms with Gasteiger partial charge in [0.1, 0.15) is 13.2 Å². The number of aliphatic hydroxyl groups is 1. The minimum Gasteiger partial charge on any atom is -0.756 e. The van der Waals surface area contributed by atoms with Gasteiger partial charge in [-0.15, -0.1) is 0 Å². The zero-order valence-electron chi connectivity index (χ0n) is 42.3. The molecule has 0 radical (unpaired) electrons. The molecule has 0 aromatic heterocycles. The molecule has 1 amide bonds. The quantitative estimate of drug-likeness (QED) is 0.0272. The molecule has 3 unspecified atom stereocenters. The van der Waals surface area contributed by atoms with Crippen LogP contribution in [0.15, 0.2) is 36.5 Å². The van der Waals surface area contributed by atoms with Crippen LogP contribution in [0.2, 0.25) is 0 Å². The number of carbonyl (C=O) groups is 1. The monoisotopic (exact) mass is 909 g/mol. The molecule has 8 nitrogen and oxygen atoms in total. The number of rotatable bonds is 49. The molecule has 0 fully saturated rings. The molecule has 3 atom stereocenters. The third-order valence-electron chi connectivity index (χ3n) is 12.1. The van der Waals surface area contributed by atoms with E-state index in [-0.39, 0.29) is 19.1 Å². The molecule has 2 N–H and O–H groups in total. The first-order chi connectivity index (χ1) is 30.5. The van der Waals surface area contributed by atoms with E-state index in [9.17, 15) is 19.4 Å². The summed E-state index contributed by atoms with van der Waals surface area (Å²) in [6.45, 7) is 4.65. The maximum atomic E-state index is 12.9. The third kappa shape index (κ3) is 48.5. The third-order valence-corrected chi connectivity index (χ3v) is 13.1. The molecule has 0 aliphatic rings. The molecule has 9 heteroatoms. The smallest absolute Gasteiger partial charge is 0.268 e. The molecule has 0 saturated heterocycles. The minimum absolute atomic E-state index is 0.000156. The number of hydrogen-bond acceptors (Lipinski definition) is 6. The standard InChI is InChI=1S/C54H105N2O6P/c1-6-8-10-12-14-16-18-20-22-23-24-25-26-27-28-29-30-31-32-33-34-36-38-40-42-44-46-48-54(58)55-52(51-62-63(59,60)61-50-49-56(3,4)5)53(57)47-45-43-41-39-37-35-21-19-17-15-13-11-9-7-2/h18,20,23-24,45,47,52-53,57H,6-17,19,21-22,25-44,46,48-51H2,1-5H3,(H-,55,58,59,60)/b20-18-,24-23-,47-45+. The van der Waals surface area contributed by atoms with Gasteiger partial charge in [-0.3, -0.25) is 9.36 Å². The van der Waals surface area contributed by atoms with Gasteiger partial charge in [0.15, 0.2) is 0 Å². The van der Waals surface area contributed by atoms with Crippen LogP contribution in [0.4, 0.5) is 0 Å². The van der Waals surface area contributed by atoms with E-state index in [0.717, 1.165) is 44.9 Å². The van der Waals surface area contributed by atoms with E-state index >= 15 is 0 Å². The molecule has 63 heavy (non-hydrogen) atoms. The van der Waals surface area contributed by atoms with Gasteiger partial charge in [-0.25, -0.2) is 0 Å². The Hall–Kier alpha value is -1.28. The fourth-order valence-corrected chi connectivity index (χ4v) is 8.55. The van der Waals surface area contributed by atoms with E-state index in [1.165, 1.54) is 186 Å². The highest BCUT2D eigenvalue weighted by Gasteiger charge is 2.23. The number of hydrogen-bond donors (Lipinski definition) is 2. The maximum Gasteiger partial charge on any atom is 0.268 e. The topological polar surface area (TPSA) is 108 Å². The lowest BCUT2D eigenvalue weighted by atomic mass is 10.0. The summed E-state index contributed by atoms with van der Waals surface area (Å²) in [4.78, 5) is 25.4. The molecule has 0 heterocycles. The number of phosphoric ester groups is 1. The fraction of sp³-hybridized carbons (Fsp3) is 0.870. The van der Waals surface area contributed by atoms with Gasteiger partial charge >= 0.3 is 0 Å². The van der Waals surface area contributed by atoms with Gasteiger partial charge in [0.25, 0.3) is 7.82 Å². The lowest BCUT2D eigenvalue weighted by Crippen LogP contribution is -2.45. The number of nitrogens with one attached hydrogen (secondary N) is 1. The predicted molar refractivity (Wildman–Crippen MR) is 270 cm³/mol. The molecular weight excluding hydrogens is 804 g/mol. The lowest BCUT2D eigenvalue weighted by molar-refractivity contribution is -0.870. The van der Waals surface area contributed by atoms with Crippen molar-refractivity contribution in [1.29, 1.82) is 0 Å². The van der Waals surface area contributed by atoms with Crippen LogP contribution in [0.5, 0.6) is 0 Å². The van der Waals surface area contributed by atoms with E-state index in [1.54, 1.807) is 6.08 Å². The van der Waals surface area contributed by atoms with Crippen molar-refractivity contribution in [3.8, 4) is 0 Å². The molecule has 0 aliphatic carbocycles. The molecule has 0 aromatic carbocycles. The predicted octanol–water partition coefficient (Wildman–Crippen LogP) is 15.2. The Balaban J connectivity index is 4.15. The Kier molecular flexibility index (Phi) is 44.9. The Bertz CT molecular complexity index is 1120. The van der Waals surface area contributed by atoms with Crippen LogP contribution in [-0.4, -0.2) is 68.5 Å². The first-order valence-electron chi connectivity index (χ1n) is 26.9. The van der Waals surface area contributed by atoms with E-state index in [1.807, 2.05) is 27.2 Å². The van der Waals surface area contributed by atoms with Gasteiger partial charge in [-0.2, -0.15) is 0 Å². The van der Waals surface area contributed by atoms with Crippen LogP contribution in [-0.2, 0) is 18.4 Å². The number of phosphoric acid groups is 1. The average Bonchev–Trinajstić information content (AvgIpc) is 3.24. The van der Waals surface area contributed by atoms with Crippen molar-refractivity contribution in [3.05, 3.63) is 36.5 Å². The Morgan fingerprint density at radius 1 is 0.556 bits per heavy atom. The molecule has 0 spiro atoms. The molecule has 0 saturated carbocycles. The van der Waals surface area contributed by atoms with Gasteiger partial charge in [-0.1, -0.05) is 230 Å². The normalized spacial score (nSPS) is 14.3. The number of aliphatic hydroxyl groups excluding tert-OH is 1. The molecule has 0 rings (SSSR count). The Morgan fingerprint density at radius 3 is 1.32 bits per heavy atom. The number of carbonyl (C=O) groups excluding carboxylic acids is 1. The number of nitrogens with zero attached hydrogens (tertiary/aromatic N) is 1. The van der Waals surface area contributed by atoms with Crippen molar-refractivity contribution < 1.29 is 32.9 Å². The highest BCUT2D eigenvalue weighted by Crippen LogP contribution is 2.38. The van der Waals surface area contributed by atoms with Gasteiger partial charge in [0.2, 0.25) is 5.91 Å². The zero-order valence-corrected chi connectivity index (χ0v) is 43.2. The molecular formula is C54H105N2O6P. The van der Waals surface area contributed by atoms with Crippen molar-refractivity contribution in [2.45, 2.75) is 264 Å². The van der Waals surface area contributed by atoms with Gasteiger partial charge in [-0.05, 0) is 51.4 Å². The SMILES string of the molecule is CCCCCCC/C=C\C/C=C\CCCCCCCCCCCCCCCCCC(=O)NC(COP(=O)([O-])OCC[N+](C)(C)C)C(O)/C=C/CCCCCCCCCCCCCC. The Labute approximate surface area is 391 Å². The van der Waals surface area contributed by atoms with Crippen molar-refractivity contribution in [2.24, 2.45) is 0 Å². The summed E-state index contributed by atoms with van der Waals surface area (Å²) in [6.07, 6.45) is 57.8. The van der Waals surface area contributed by atoms with Gasteiger partial charge in [0, 0.05) is 6.42 Å². The summed E-state index contributed by atoms with van der Waals surface area (Å²) in [5, 5.41) is 13.8. The fourth-order valence-electron chi connectivity index (χ4n) is 7.83. The highest BCUT2D eigenvalue weighted by molar-refractivity contribution is 7.45. The summed E-state index contributed by atoms with van der Waals surface area (Å²) < 4.78 is 23.3. The second-order valence-electron chi connectivity index (χ2n) is 19.6. The van der Waals surface area contributed by atoms with E-state index < -0.39 is 20.0 Å². The van der Waals surface area contributed by atoms with Crippen LogP contribution in [0, 0.1) is 0 Å². The van der Waals surface area contributed by atoms with E-state index in [4.69, 9.17) is 9.05 Å². The van der Waals surface area contributed by atoms with Crippen LogP contribution in [0.1, 0.15) is 251 Å². The summed E-state index contributed by atoms with van der Waals surface area (Å²) >= 11 is 0. The molecule has 0 bridgehead atoms.